The van der Waals surface area contributed by atoms with Crippen LogP contribution in [0.2, 0.25) is 0 Å². The average Bonchev–Trinajstić information content (AvgIpc) is 3.12. The number of benzene rings is 1. The first-order valence-electron chi connectivity index (χ1n) is 9.21. The van der Waals surface area contributed by atoms with Crippen LogP contribution >= 0.6 is 0 Å². The quantitative estimate of drug-likeness (QED) is 0.608. The van der Waals surface area contributed by atoms with Crippen molar-refractivity contribution in [1.29, 1.82) is 0 Å². The molecule has 3 rings (SSSR count). The summed E-state index contributed by atoms with van der Waals surface area (Å²) in [5.74, 6) is 0.162. The summed E-state index contributed by atoms with van der Waals surface area (Å²) in [6.45, 7) is 1.97. The van der Waals surface area contributed by atoms with Gasteiger partial charge in [-0.1, -0.05) is 12.8 Å². The number of ether oxygens (including phenoxy) is 2. The lowest BCUT2D eigenvalue weighted by Gasteiger charge is -2.11. The Labute approximate surface area is 156 Å². The topological polar surface area (TPSA) is 94.8 Å². The Morgan fingerprint density at radius 1 is 1.19 bits per heavy atom. The van der Waals surface area contributed by atoms with E-state index in [4.69, 9.17) is 13.9 Å². The molecule has 0 spiro atoms. The van der Waals surface area contributed by atoms with E-state index in [1.165, 1.54) is 25.0 Å². The summed E-state index contributed by atoms with van der Waals surface area (Å²) in [7, 11) is 0. The van der Waals surface area contributed by atoms with E-state index in [9.17, 15) is 14.4 Å². The van der Waals surface area contributed by atoms with Crippen molar-refractivity contribution in [2.75, 3.05) is 11.9 Å². The molecule has 7 nitrogen and oxygen atoms in total. The van der Waals surface area contributed by atoms with Gasteiger partial charge in [0, 0.05) is 35.2 Å². The molecule has 0 unspecified atom stereocenters. The highest BCUT2D eigenvalue weighted by atomic mass is 16.5. The van der Waals surface area contributed by atoms with Gasteiger partial charge in [0.25, 0.3) is 0 Å². The fourth-order valence-corrected chi connectivity index (χ4v) is 3.38. The van der Waals surface area contributed by atoms with E-state index in [0.717, 1.165) is 12.8 Å². The van der Waals surface area contributed by atoms with Crippen molar-refractivity contribution >= 4 is 28.7 Å². The Hall–Kier alpha value is -2.83. The molecule has 1 aliphatic carbocycles. The van der Waals surface area contributed by atoms with Gasteiger partial charge in [-0.05, 0) is 37.8 Å². The molecule has 1 aromatic heterocycles. The maximum Gasteiger partial charge on any atom is 0.411 e. The number of carbonyl (C=O) groups is 2. The molecule has 27 heavy (non-hydrogen) atoms. The fraction of sp³-hybridized carbons (Fsp3) is 0.450. The van der Waals surface area contributed by atoms with E-state index in [0.29, 0.717) is 34.6 Å². The Kier molecular flexibility index (Phi) is 6.11. The lowest BCUT2D eigenvalue weighted by molar-refractivity contribution is -0.146. The minimum absolute atomic E-state index is 0.0122. The molecule has 1 N–H and O–H groups in total. The van der Waals surface area contributed by atoms with E-state index in [1.807, 2.05) is 0 Å². The maximum atomic E-state index is 12.0. The molecule has 0 bridgehead atoms. The second-order valence-electron chi connectivity index (χ2n) is 6.66. The number of fused-ring (bicyclic) bond motifs is 1. The normalized spacial score (nSPS) is 14.3. The lowest BCUT2D eigenvalue weighted by Crippen LogP contribution is -2.13. The Balaban J connectivity index is 1.72. The molecule has 1 aromatic carbocycles. The van der Waals surface area contributed by atoms with Gasteiger partial charge in [-0.25, -0.2) is 9.59 Å². The fourth-order valence-electron chi connectivity index (χ4n) is 3.38. The highest BCUT2D eigenvalue weighted by molar-refractivity contribution is 5.90. The molecule has 7 heteroatoms. The van der Waals surface area contributed by atoms with Crippen LogP contribution in [-0.2, 0) is 20.9 Å². The molecule has 1 fully saturated rings. The zero-order valence-corrected chi connectivity index (χ0v) is 15.3. The molecular weight excluding hydrogens is 350 g/mol. The first-order chi connectivity index (χ1) is 13.0. The van der Waals surface area contributed by atoms with Crippen LogP contribution in [0, 0.1) is 5.92 Å². The van der Waals surface area contributed by atoms with Crippen LogP contribution in [-0.4, -0.2) is 18.7 Å². The lowest BCUT2D eigenvalue weighted by atomic mass is 10.0. The molecule has 0 aliphatic heterocycles. The summed E-state index contributed by atoms with van der Waals surface area (Å²) >= 11 is 0. The first kappa shape index (κ1) is 18.9. The second kappa shape index (κ2) is 8.70. The van der Waals surface area contributed by atoms with Crippen molar-refractivity contribution in [3.63, 3.8) is 0 Å². The Bertz CT molecular complexity index is 882. The van der Waals surface area contributed by atoms with Gasteiger partial charge in [0.1, 0.15) is 12.2 Å². The van der Waals surface area contributed by atoms with Crippen molar-refractivity contribution < 1.29 is 23.5 Å². The van der Waals surface area contributed by atoms with Crippen LogP contribution in [0.4, 0.5) is 10.5 Å². The van der Waals surface area contributed by atoms with Gasteiger partial charge in [-0.15, -0.1) is 0 Å². The predicted octanol–water partition coefficient (Wildman–Crippen LogP) is 3.98. The summed E-state index contributed by atoms with van der Waals surface area (Å²) in [5, 5.41) is 3.21. The number of anilines is 1. The standard InChI is InChI=1S/C20H23NO6/c1-2-25-20(24)21-15-7-8-16-14(10-19(23)27-17(16)11-15)12-26-18(22)9-13-5-3-4-6-13/h7-8,10-11,13H,2-6,9,12H2,1H3,(H,21,24). The Morgan fingerprint density at radius 2 is 1.96 bits per heavy atom. The van der Waals surface area contributed by atoms with E-state index in [1.54, 1.807) is 19.1 Å². The number of rotatable bonds is 6. The van der Waals surface area contributed by atoms with Crippen LogP contribution in [0.3, 0.4) is 0 Å². The molecule has 1 aliphatic rings. The maximum absolute atomic E-state index is 12.0. The van der Waals surface area contributed by atoms with Crippen molar-refractivity contribution in [3.05, 3.63) is 40.2 Å². The third-order valence-electron chi connectivity index (χ3n) is 4.67. The van der Waals surface area contributed by atoms with E-state index in [-0.39, 0.29) is 19.2 Å². The first-order valence-corrected chi connectivity index (χ1v) is 9.21. The third-order valence-corrected chi connectivity index (χ3v) is 4.67. The minimum Gasteiger partial charge on any atom is -0.461 e. The van der Waals surface area contributed by atoms with Gasteiger partial charge >= 0.3 is 17.7 Å². The zero-order chi connectivity index (χ0) is 19.2. The summed E-state index contributed by atoms with van der Waals surface area (Å²) < 4.78 is 15.4. The van der Waals surface area contributed by atoms with Crippen molar-refractivity contribution in [3.8, 4) is 0 Å². The molecule has 1 heterocycles. The van der Waals surface area contributed by atoms with E-state index >= 15 is 0 Å². The number of carbonyl (C=O) groups excluding carboxylic acids is 2. The van der Waals surface area contributed by atoms with Gasteiger partial charge in [0.2, 0.25) is 0 Å². The van der Waals surface area contributed by atoms with Crippen LogP contribution in [0.15, 0.2) is 33.5 Å². The molecule has 0 saturated heterocycles. The van der Waals surface area contributed by atoms with Gasteiger partial charge < -0.3 is 13.9 Å². The van der Waals surface area contributed by atoms with E-state index in [2.05, 4.69) is 5.32 Å². The van der Waals surface area contributed by atoms with Crippen molar-refractivity contribution in [2.45, 2.75) is 45.6 Å². The Morgan fingerprint density at radius 3 is 2.70 bits per heavy atom. The average molecular weight is 373 g/mol. The monoisotopic (exact) mass is 373 g/mol. The van der Waals surface area contributed by atoms with Crippen molar-refractivity contribution in [2.24, 2.45) is 5.92 Å². The van der Waals surface area contributed by atoms with Gasteiger partial charge in [0.05, 0.1) is 6.61 Å². The minimum atomic E-state index is -0.587. The SMILES string of the molecule is CCOC(=O)Nc1ccc2c(COC(=O)CC3CCCC3)cc(=O)oc2c1. The number of hydrogen-bond donors (Lipinski definition) is 1. The molecule has 2 aromatic rings. The third kappa shape index (κ3) is 5.09. The number of nitrogens with one attached hydrogen (secondary N) is 1. The molecule has 1 amide bonds. The van der Waals surface area contributed by atoms with Crippen LogP contribution in [0.25, 0.3) is 11.0 Å². The summed E-state index contributed by atoms with van der Waals surface area (Å²) in [5.41, 5.74) is 0.777. The summed E-state index contributed by atoms with van der Waals surface area (Å²) in [6.07, 6.45) is 4.32. The smallest absolute Gasteiger partial charge is 0.411 e. The largest absolute Gasteiger partial charge is 0.461 e. The molecule has 1 saturated carbocycles. The number of amides is 1. The van der Waals surface area contributed by atoms with E-state index < -0.39 is 11.7 Å². The number of esters is 1. The summed E-state index contributed by atoms with van der Waals surface area (Å²) in [6, 6.07) is 6.24. The predicted molar refractivity (Wildman–Crippen MR) is 99.5 cm³/mol. The molecule has 0 atom stereocenters. The second-order valence-corrected chi connectivity index (χ2v) is 6.66. The van der Waals surface area contributed by atoms with Crippen LogP contribution < -0.4 is 10.9 Å². The van der Waals surface area contributed by atoms with Gasteiger partial charge in [-0.2, -0.15) is 0 Å². The molecule has 0 radical (unpaired) electrons. The van der Waals surface area contributed by atoms with Crippen LogP contribution in [0.5, 0.6) is 0 Å². The number of hydrogen-bond acceptors (Lipinski definition) is 6. The highest BCUT2D eigenvalue weighted by Crippen LogP contribution is 2.28. The van der Waals surface area contributed by atoms with Crippen LogP contribution in [0.1, 0.15) is 44.6 Å². The van der Waals surface area contributed by atoms with Gasteiger partial charge in [-0.3, -0.25) is 10.1 Å². The molecule has 144 valence electrons. The summed E-state index contributed by atoms with van der Waals surface area (Å²) in [4.78, 5) is 35.4. The zero-order valence-electron chi connectivity index (χ0n) is 15.3. The highest BCUT2D eigenvalue weighted by Gasteiger charge is 2.19. The van der Waals surface area contributed by atoms with Gasteiger partial charge in [0.15, 0.2) is 0 Å². The van der Waals surface area contributed by atoms with Crippen molar-refractivity contribution in [1.82, 2.24) is 0 Å². The molecular formula is C20H23NO6.